The molecule has 2 N–H and O–H groups in total. The van der Waals surface area contributed by atoms with Crippen LogP contribution in [0.15, 0.2) is 43.1 Å². The number of nitrogens with two attached hydrogens (primary N) is 1. The van der Waals surface area contributed by atoms with Crippen LogP contribution < -0.4 is 5.73 Å². The molecule has 0 saturated heterocycles. The van der Waals surface area contributed by atoms with Gasteiger partial charge in [0.25, 0.3) is 0 Å². The SMILES string of the molecule is C=CCn1cc(CC(C)N)c2ccccc21.Cl. The van der Waals surface area contributed by atoms with Gasteiger partial charge in [-0.25, -0.2) is 0 Å². The Morgan fingerprint density at radius 3 is 2.76 bits per heavy atom. The average Bonchev–Trinajstić information content (AvgIpc) is 2.58. The molecule has 1 heterocycles. The molecular weight excluding hydrogens is 232 g/mol. The van der Waals surface area contributed by atoms with Gasteiger partial charge in [-0.3, -0.25) is 0 Å². The van der Waals surface area contributed by atoms with Gasteiger partial charge in [0.05, 0.1) is 0 Å². The normalized spacial score (nSPS) is 12.1. The van der Waals surface area contributed by atoms with Crippen molar-refractivity contribution in [1.29, 1.82) is 0 Å². The van der Waals surface area contributed by atoms with Crippen molar-refractivity contribution in [1.82, 2.24) is 4.57 Å². The van der Waals surface area contributed by atoms with Crippen molar-refractivity contribution >= 4 is 23.3 Å². The third kappa shape index (κ3) is 2.90. The van der Waals surface area contributed by atoms with Gasteiger partial charge in [-0.2, -0.15) is 0 Å². The second-order valence-corrected chi connectivity index (χ2v) is 4.29. The molecule has 0 saturated carbocycles. The van der Waals surface area contributed by atoms with E-state index in [4.69, 9.17) is 5.73 Å². The third-order valence-electron chi connectivity index (χ3n) is 2.74. The van der Waals surface area contributed by atoms with E-state index in [9.17, 15) is 0 Å². The molecule has 1 unspecified atom stereocenters. The fourth-order valence-electron chi connectivity index (χ4n) is 2.12. The van der Waals surface area contributed by atoms with Gasteiger partial charge in [0, 0.05) is 29.7 Å². The van der Waals surface area contributed by atoms with Gasteiger partial charge < -0.3 is 10.3 Å². The molecule has 2 rings (SSSR count). The zero-order valence-corrected chi connectivity index (χ0v) is 10.9. The van der Waals surface area contributed by atoms with Crippen LogP contribution in [-0.4, -0.2) is 10.6 Å². The van der Waals surface area contributed by atoms with Crippen molar-refractivity contribution in [2.75, 3.05) is 0 Å². The quantitative estimate of drug-likeness (QED) is 0.831. The Kier molecular flexibility index (Phi) is 4.79. The fraction of sp³-hybridized carbons (Fsp3) is 0.286. The Balaban J connectivity index is 0.00000144. The van der Waals surface area contributed by atoms with E-state index in [1.54, 1.807) is 0 Å². The summed E-state index contributed by atoms with van der Waals surface area (Å²) in [6.45, 7) is 6.68. The van der Waals surface area contributed by atoms with E-state index in [2.05, 4.69) is 41.6 Å². The highest BCUT2D eigenvalue weighted by Gasteiger charge is 2.08. The van der Waals surface area contributed by atoms with Crippen molar-refractivity contribution in [3.8, 4) is 0 Å². The van der Waals surface area contributed by atoms with Crippen LogP contribution in [0.1, 0.15) is 12.5 Å². The minimum absolute atomic E-state index is 0. The summed E-state index contributed by atoms with van der Waals surface area (Å²) in [5, 5.41) is 1.31. The third-order valence-corrected chi connectivity index (χ3v) is 2.74. The Labute approximate surface area is 109 Å². The first-order chi connectivity index (χ1) is 7.72. The number of fused-ring (bicyclic) bond motifs is 1. The van der Waals surface area contributed by atoms with Crippen LogP contribution in [0.3, 0.4) is 0 Å². The number of rotatable bonds is 4. The van der Waals surface area contributed by atoms with Gasteiger partial charge >= 0.3 is 0 Å². The van der Waals surface area contributed by atoms with Crippen molar-refractivity contribution < 1.29 is 0 Å². The maximum Gasteiger partial charge on any atom is 0.0486 e. The number of para-hydroxylation sites is 1. The summed E-state index contributed by atoms with van der Waals surface area (Å²) in [5.41, 5.74) is 8.46. The first kappa shape index (κ1) is 13.8. The molecule has 17 heavy (non-hydrogen) atoms. The van der Waals surface area contributed by atoms with E-state index in [0.717, 1.165) is 13.0 Å². The monoisotopic (exact) mass is 250 g/mol. The van der Waals surface area contributed by atoms with Crippen molar-refractivity contribution in [2.45, 2.75) is 25.9 Å². The lowest BCUT2D eigenvalue weighted by atomic mass is 10.1. The van der Waals surface area contributed by atoms with Crippen LogP contribution in [0.25, 0.3) is 10.9 Å². The molecule has 2 nitrogen and oxygen atoms in total. The second-order valence-electron chi connectivity index (χ2n) is 4.29. The first-order valence-electron chi connectivity index (χ1n) is 5.65. The predicted octanol–water partition coefficient (Wildman–Crippen LogP) is 3.14. The van der Waals surface area contributed by atoms with Crippen LogP contribution in [0.5, 0.6) is 0 Å². The van der Waals surface area contributed by atoms with Gasteiger partial charge in [-0.1, -0.05) is 24.3 Å². The zero-order valence-electron chi connectivity index (χ0n) is 10.1. The molecule has 0 bridgehead atoms. The molecule has 92 valence electrons. The molecule has 0 aliphatic rings. The van der Waals surface area contributed by atoms with E-state index < -0.39 is 0 Å². The van der Waals surface area contributed by atoms with Crippen LogP contribution in [0.4, 0.5) is 0 Å². The molecule has 0 fully saturated rings. The lowest BCUT2D eigenvalue weighted by Crippen LogP contribution is -2.17. The van der Waals surface area contributed by atoms with Gasteiger partial charge in [0.1, 0.15) is 0 Å². The summed E-state index contributed by atoms with van der Waals surface area (Å²) >= 11 is 0. The molecule has 0 aliphatic heterocycles. The topological polar surface area (TPSA) is 30.9 Å². The minimum Gasteiger partial charge on any atom is -0.343 e. The van der Waals surface area contributed by atoms with E-state index in [-0.39, 0.29) is 18.4 Å². The van der Waals surface area contributed by atoms with E-state index in [1.807, 2.05) is 13.0 Å². The molecule has 0 aliphatic carbocycles. The number of aromatic nitrogens is 1. The van der Waals surface area contributed by atoms with E-state index in [0.29, 0.717) is 0 Å². The minimum atomic E-state index is 0. The number of allylic oxidation sites excluding steroid dienone is 1. The molecule has 0 radical (unpaired) electrons. The summed E-state index contributed by atoms with van der Waals surface area (Å²) < 4.78 is 2.22. The molecule has 2 aromatic rings. The van der Waals surface area contributed by atoms with Gasteiger partial charge in [-0.05, 0) is 25.0 Å². The van der Waals surface area contributed by atoms with Gasteiger partial charge in [-0.15, -0.1) is 19.0 Å². The van der Waals surface area contributed by atoms with Crippen molar-refractivity contribution in [2.24, 2.45) is 5.73 Å². The van der Waals surface area contributed by atoms with Crippen LogP contribution in [-0.2, 0) is 13.0 Å². The Morgan fingerprint density at radius 2 is 2.12 bits per heavy atom. The smallest absolute Gasteiger partial charge is 0.0486 e. The van der Waals surface area contributed by atoms with Crippen molar-refractivity contribution in [3.63, 3.8) is 0 Å². The van der Waals surface area contributed by atoms with Crippen LogP contribution in [0, 0.1) is 0 Å². The molecule has 1 atom stereocenters. The second kappa shape index (κ2) is 5.89. The fourth-order valence-corrected chi connectivity index (χ4v) is 2.12. The molecular formula is C14H19ClN2. The molecule has 1 aromatic heterocycles. The van der Waals surface area contributed by atoms with E-state index >= 15 is 0 Å². The summed E-state index contributed by atoms with van der Waals surface area (Å²) in [7, 11) is 0. The van der Waals surface area contributed by atoms with E-state index in [1.165, 1.54) is 16.5 Å². The highest BCUT2D eigenvalue weighted by Crippen LogP contribution is 2.22. The Hall–Kier alpha value is -1.25. The molecule has 3 heteroatoms. The maximum atomic E-state index is 5.87. The summed E-state index contributed by atoms with van der Waals surface area (Å²) in [5.74, 6) is 0. The Morgan fingerprint density at radius 1 is 1.41 bits per heavy atom. The highest BCUT2D eigenvalue weighted by molar-refractivity contribution is 5.85. The van der Waals surface area contributed by atoms with Crippen molar-refractivity contribution in [3.05, 3.63) is 48.7 Å². The summed E-state index contributed by atoms with van der Waals surface area (Å²) in [6, 6.07) is 8.64. The van der Waals surface area contributed by atoms with Crippen LogP contribution in [0.2, 0.25) is 0 Å². The average molecular weight is 251 g/mol. The standard InChI is InChI=1S/C14H18N2.ClH/c1-3-8-16-10-12(9-11(2)15)13-6-4-5-7-14(13)16;/h3-7,10-11H,1,8-9,15H2,2H3;1H. The lowest BCUT2D eigenvalue weighted by Gasteiger charge is -2.02. The van der Waals surface area contributed by atoms with Gasteiger partial charge in [0.2, 0.25) is 0 Å². The lowest BCUT2D eigenvalue weighted by molar-refractivity contribution is 0.736. The molecule has 0 amide bonds. The largest absolute Gasteiger partial charge is 0.343 e. The Bertz CT molecular complexity index is 500. The predicted molar refractivity (Wildman–Crippen MR) is 76.7 cm³/mol. The number of nitrogens with zero attached hydrogens (tertiary/aromatic N) is 1. The molecule has 1 aromatic carbocycles. The highest BCUT2D eigenvalue weighted by atomic mass is 35.5. The maximum absolute atomic E-state index is 5.87. The number of hydrogen-bond donors (Lipinski definition) is 1. The zero-order chi connectivity index (χ0) is 11.5. The summed E-state index contributed by atoms with van der Waals surface area (Å²) in [6.07, 6.45) is 5.03. The first-order valence-corrected chi connectivity index (χ1v) is 5.65. The summed E-state index contributed by atoms with van der Waals surface area (Å²) in [4.78, 5) is 0. The van der Waals surface area contributed by atoms with Gasteiger partial charge in [0.15, 0.2) is 0 Å². The number of hydrogen-bond acceptors (Lipinski definition) is 1. The number of benzene rings is 1. The number of halogens is 1. The molecule has 0 spiro atoms. The van der Waals surface area contributed by atoms with Crippen LogP contribution >= 0.6 is 12.4 Å².